The van der Waals surface area contributed by atoms with E-state index in [0.29, 0.717) is 0 Å². The first-order chi connectivity index (χ1) is 6.49. The number of aliphatic hydroxyl groups excluding tert-OH is 6. The standard InChI is InChI=1S/C7H14O7/c8-1-2(9)6-4(11)3(10)5(12)7(13)14-6/h2-13H,1H2/t2-,3-,4+,5+,6+,7-/m1/s1. The highest BCUT2D eigenvalue weighted by Gasteiger charge is 2.45. The van der Waals surface area contributed by atoms with Crippen LogP contribution in [0.25, 0.3) is 0 Å². The Hall–Kier alpha value is -0.280. The van der Waals surface area contributed by atoms with Crippen LogP contribution in [0.15, 0.2) is 0 Å². The first-order valence-electron chi connectivity index (χ1n) is 4.15. The van der Waals surface area contributed by atoms with Crippen molar-refractivity contribution >= 4 is 0 Å². The number of ether oxygens (including phenoxy) is 1. The van der Waals surface area contributed by atoms with Gasteiger partial charge in [-0.2, -0.15) is 0 Å². The van der Waals surface area contributed by atoms with Crippen molar-refractivity contribution < 1.29 is 35.4 Å². The molecule has 0 aliphatic carbocycles. The molecule has 0 unspecified atom stereocenters. The molecule has 7 heteroatoms. The first-order valence-corrected chi connectivity index (χ1v) is 4.15. The summed E-state index contributed by atoms with van der Waals surface area (Å²) in [5, 5.41) is 54.3. The molecule has 1 aliphatic rings. The molecule has 0 bridgehead atoms. The minimum Gasteiger partial charge on any atom is -0.394 e. The average Bonchev–Trinajstić information content (AvgIpc) is 2.19. The van der Waals surface area contributed by atoms with Crippen molar-refractivity contribution in [3.63, 3.8) is 0 Å². The maximum absolute atomic E-state index is 9.31. The van der Waals surface area contributed by atoms with Crippen LogP contribution < -0.4 is 0 Å². The van der Waals surface area contributed by atoms with Crippen molar-refractivity contribution in [1.82, 2.24) is 0 Å². The lowest BCUT2D eigenvalue weighted by Gasteiger charge is -2.39. The second-order valence-electron chi connectivity index (χ2n) is 3.21. The van der Waals surface area contributed by atoms with Crippen LogP contribution in [0.3, 0.4) is 0 Å². The van der Waals surface area contributed by atoms with Crippen LogP contribution in [0.4, 0.5) is 0 Å². The third-order valence-corrected chi connectivity index (χ3v) is 2.19. The van der Waals surface area contributed by atoms with Gasteiger partial charge in [0.05, 0.1) is 6.61 Å². The van der Waals surface area contributed by atoms with Gasteiger partial charge in [-0.15, -0.1) is 0 Å². The molecule has 0 amide bonds. The summed E-state index contributed by atoms with van der Waals surface area (Å²) >= 11 is 0. The summed E-state index contributed by atoms with van der Waals surface area (Å²) in [5.74, 6) is 0. The summed E-state index contributed by atoms with van der Waals surface area (Å²) in [4.78, 5) is 0. The molecule has 0 spiro atoms. The predicted molar refractivity (Wildman–Crippen MR) is 42.0 cm³/mol. The zero-order valence-corrected chi connectivity index (χ0v) is 7.26. The molecule has 1 rings (SSSR count). The van der Waals surface area contributed by atoms with E-state index in [1.54, 1.807) is 0 Å². The predicted octanol–water partition coefficient (Wildman–Crippen LogP) is -3.86. The SMILES string of the molecule is OC[C@@H](O)[C@@H]1O[C@@H](O)[C@@H](O)[C@H](O)[C@@H]1O. The Morgan fingerprint density at radius 2 is 1.57 bits per heavy atom. The van der Waals surface area contributed by atoms with Crippen molar-refractivity contribution in [2.45, 2.75) is 36.8 Å². The van der Waals surface area contributed by atoms with Crippen LogP contribution in [0.5, 0.6) is 0 Å². The monoisotopic (exact) mass is 210 g/mol. The van der Waals surface area contributed by atoms with E-state index in [1.807, 2.05) is 0 Å². The highest BCUT2D eigenvalue weighted by Crippen LogP contribution is 2.21. The minimum atomic E-state index is -1.69. The Labute approximate surface area is 79.8 Å². The van der Waals surface area contributed by atoms with Crippen molar-refractivity contribution in [3.8, 4) is 0 Å². The molecular weight excluding hydrogens is 196 g/mol. The summed E-state index contributed by atoms with van der Waals surface area (Å²) in [6.45, 7) is -0.683. The van der Waals surface area contributed by atoms with Crippen LogP contribution >= 0.6 is 0 Å². The molecule has 84 valence electrons. The maximum atomic E-state index is 9.31. The number of hydrogen-bond donors (Lipinski definition) is 6. The van der Waals surface area contributed by atoms with E-state index in [4.69, 9.17) is 20.4 Å². The van der Waals surface area contributed by atoms with E-state index < -0.39 is 43.4 Å². The second kappa shape index (κ2) is 4.49. The summed E-state index contributed by atoms with van der Waals surface area (Å²) in [6, 6.07) is 0. The summed E-state index contributed by atoms with van der Waals surface area (Å²) in [5.41, 5.74) is 0. The molecule has 6 atom stereocenters. The van der Waals surface area contributed by atoms with Gasteiger partial charge >= 0.3 is 0 Å². The molecule has 1 saturated heterocycles. The lowest BCUT2D eigenvalue weighted by Crippen LogP contribution is -2.61. The molecule has 1 heterocycles. The van der Waals surface area contributed by atoms with Crippen LogP contribution in [-0.2, 0) is 4.74 Å². The van der Waals surface area contributed by atoms with Crippen LogP contribution in [0.1, 0.15) is 0 Å². The van der Waals surface area contributed by atoms with Gasteiger partial charge < -0.3 is 35.4 Å². The Morgan fingerprint density at radius 3 is 2.07 bits per heavy atom. The molecule has 0 aromatic rings. The Balaban J connectivity index is 2.70. The largest absolute Gasteiger partial charge is 0.394 e. The highest BCUT2D eigenvalue weighted by atomic mass is 16.6. The molecule has 0 radical (unpaired) electrons. The van der Waals surface area contributed by atoms with Gasteiger partial charge in [-0.05, 0) is 0 Å². The molecule has 0 aromatic heterocycles. The maximum Gasteiger partial charge on any atom is 0.184 e. The number of rotatable bonds is 2. The molecule has 1 fully saturated rings. The quantitative estimate of drug-likeness (QED) is 0.275. The minimum absolute atomic E-state index is 0.683. The van der Waals surface area contributed by atoms with E-state index in [0.717, 1.165) is 0 Å². The van der Waals surface area contributed by atoms with E-state index in [2.05, 4.69) is 4.74 Å². The summed E-state index contributed by atoms with van der Waals surface area (Å²) in [7, 11) is 0. The van der Waals surface area contributed by atoms with E-state index in [1.165, 1.54) is 0 Å². The van der Waals surface area contributed by atoms with Crippen LogP contribution in [0.2, 0.25) is 0 Å². The Morgan fingerprint density at radius 1 is 1.00 bits per heavy atom. The topological polar surface area (TPSA) is 131 Å². The van der Waals surface area contributed by atoms with Crippen molar-refractivity contribution in [2.24, 2.45) is 0 Å². The van der Waals surface area contributed by atoms with Crippen LogP contribution in [0, 0.1) is 0 Å². The lowest BCUT2D eigenvalue weighted by molar-refractivity contribution is -0.298. The third-order valence-electron chi connectivity index (χ3n) is 2.19. The van der Waals surface area contributed by atoms with Crippen LogP contribution in [-0.4, -0.2) is 74.1 Å². The van der Waals surface area contributed by atoms with Gasteiger partial charge in [0.1, 0.15) is 30.5 Å². The molecule has 7 nitrogen and oxygen atoms in total. The average molecular weight is 210 g/mol. The van der Waals surface area contributed by atoms with E-state index in [-0.39, 0.29) is 0 Å². The van der Waals surface area contributed by atoms with E-state index in [9.17, 15) is 10.2 Å². The van der Waals surface area contributed by atoms with Gasteiger partial charge in [0, 0.05) is 0 Å². The van der Waals surface area contributed by atoms with Gasteiger partial charge in [-0.1, -0.05) is 0 Å². The fourth-order valence-electron chi connectivity index (χ4n) is 1.31. The molecule has 0 aromatic carbocycles. The van der Waals surface area contributed by atoms with Gasteiger partial charge in [0.2, 0.25) is 0 Å². The van der Waals surface area contributed by atoms with Gasteiger partial charge in [-0.25, -0.2) is 0 Å². The Bertz CT molecular complexity index is 187. The third kappa shape index (κ3) is 2.04. The zero-order valence-electron chi connectivity index (χ0n) is 7.26. The molecule has 6 N–H and O–H groups in total. The molecule has 14 heavy (non-hydrogen) atoms. The van der Waals surface area contributed by atoms with Gasteiger partial charge in [0.15, 0.2) is 6.29 Å². The molecule has 0 saturated carbocycles. The number of aliphatic hydroxyl groups is 6. The normalized spacial score (nSPS) is 46.3. The lowest BCUT2D eigenvalue weighted by atomic mass is 9.96. The zero-order chi connectivity index (χ0) is 10.9. The smallest absolute Gasteiger partial charge is 0.184 e. The Kier molecular flexibility index (Phi) is 3.78. The molecular formula is C7H14O7. The van der Waals surface area contributed by atoms with Crippen molar-refractivity contribution in [1.29, 1.82) is 0 Å². The fraction of sp³-hybridized carbons (Fsp3) is 1.00. The second-order valence-corrected chi connectivity index (χ2v) is 3.21. The first kappa shape index (κ1) is 11.8. The van der Waals surface area contributed by atoms with Gasteiger partial charge in [0.25, 0.3) is 0 Å². The summed E-state index contributed by atoms with van der Waals surface area (Å²) in [6.07, 6.45) is -9.26. The number of hydrogen-bond acceptors (Lipinski definition) is 7. The fourth-order valence-corrected chi connectivity index (χ4v) is 1.31. The molecule has 1 aliphatic heterocycles. The van der Waals surface area contributed by atoms with E-state index >= 15 is 0 Å². The summed E-state index contributed by atoms with van der Waals surface area (Å²) < 4.78 is 4.62. The highest BCUT2D eigenvalue weighted by molar-refractivity contribution is 4.91. The van der Waals surface area contributed by atoms with Crippen molar-refractivity contribution in [2.75, 3.05) is 6.61 Å². The van der Waals surface area contributed by atoms with Gasteiger partial charge in [-0.3, -0.25) is 0 Å². The van der Waals surface area contributed by atoms with Crippen molar-refractivity contribution in [3.05, 3.63) is 0 Å².